The first-order valence-electron chi connectivity index (χ1n) is 7.76. The van der Waals surface area contributed by atoms with E-state index in [0.717, 1.165) is 5.56 Å². The molecule has 0 bridgehead atoms. The van der Waals surface area contributed by atoms with Gasteiger partial charge in [0, 0.05) is 6.42 Å². The number of ether oxygens (including phenoxy) is 2. The Morgan fingerprint density at radius 3 is 2.68 bits per heavy atom. The standard InChI is InChI=1S/C18H17NO6/c1-24-18(23)15-16(25-14-10-13(20)19(14)15)12(17(21)22)9-5-8-11-6-3-2-4-7-11/h2-8,14-15H,9-10H2,1H3,(H,21,22)/b8-5+,16-12+/t14-,15?/m1/s1. The van der Waals surface area contributed by atoms with Gasteiger partial charge in [-0.15, -0.1) is 0 Å². The molecule has 1 aromatic carbocycles. The molecule has 2 heterocycles. The van der Waals surface area contributed by atoms with Gasteiger partial charge in [0.05, 0.1) is 19.1 Å². The van der Waals surface area contributed by atoms with Crippen LogP contribution in [0.4, 0.5) is 0 Å². The second kappa shape index (κ2) is 6.80. The van der Waals surface area contributed by atoms with Crippen molar-refractivity contribution < 1.29 is 29.0 Å². The van der Waals surface area contributed by atoms with Gasteiger partial charge in [-0.1, -0.05) is 42.5 Å². The minimum atomic E-state index is -1.20. The molecule has 2 atom stereocenters. The zero-order valence-corrected chi connectivity index (χ0v) is 13.5. The van der Waals surface area contributed by atoms with Crippen LogP contribution in [-0.2, 0) is 23.9 Å². The molecule has 3 rings (SSSR count). The van der Waals surface area contributed by atoms with Gasteiger partial charge in [-0.25, -0.2) is 9.59 Å². The monoisotopic (exact) mass is 343 g/mol. The fraction of sp³-hybridized carbons (Fsp3) is 0.278. The first-order chi connectivity index (χ1) is 12.0. The van der Waals surface area contributed by atoms with E-state index < -0.39 is 24.2 Å². The molecule has 2 saturated heterocycles. The van der Waals surface area contributed by atoms with Crippen molar-refractivity contribution in [2.45, 2.75) is 25.1 Å². The lowest BCUT2D eigenvalue weighted by Crippen LogP contribution is -2.55. The van der Waals surface area contributed by atoms with Crippen LogP contribution < -0.4 is 0 Å². The number of carbonyl (C=O) groups excluding carboxylic acids is 2. The summed E-state index contributed by atoms with van der Waals surface area (Å²) < 4.78 is 10.3. The summed E-state index contributed by atoms with van der Waals surface area (Å²) in [6.45, 7) is 0. The van der Waals surface area contributed by atoms with Gasteiger partial charge in [-0.05, 0) is 5.56 Å². The number of carboxylic acids is 1. The number of β-lactam (4-membered cyclic amide) rings is 1. The molecule has 7 heteroatoms. The lowest BCUT2D eigenvalue weighted by atomic mass is 10.0. The summed E-state index contributed by atoms with van der Waals surface area (Å²) >= 11 is 0. The zero-order chi connectivity index (χ0) is 18.0. The highest BCUT2D eigenvalue weighted by atomic mass is 16.6. The van der Waals surface area contributed by atoms with E-state index in [4.69, 9.17) is 9.47 Å². The normalized spacial score (nSPS) is 23.7. The Hall–Kier alpha value is -3.09. The first kappa shape index (κ1) is 16.8. The van der Waals surface area contributed by atoms with Crippen molar-refractivity contribution in [2.24, 2.45) is 0 Å². The van der Waals surface area contributed by atoms with Crippen molar-refractivity contribution in [3.05, 3.63) is 53.3 Å². The van der Waals surface area contributed by atoms with Crippen LogP contribution in [0.5, 0.6) is 0 Å². The minimum Gasteiger partial charge on any atom is -0.478 e. The summed E-state index contributed by atoms with van der Waals surface area (Å²) in [6, 6.07) is 8.28. The van der Waals surface area contributed by atoms with Gasteiger partial charge in [-0.2, -0.15) is 0 Å². The smallest absolute Gasteiger partial charge is 0.336 e. The molecule has 1 unspecified atom stereocenters. The fourth-order valence-electron chi connectivity index (χ4n) is 2.89. The molecule has 0 spiro atoms. The number of allylic oxidation sites excluding steroid dienone is 1. The number of hydrogen-bond donors (Lipinski definition) is 1. The highest BCUT2D eigenvalue weighted by Gasteiger charge is 2.55. The second-order valence-corrected chi connectivity index (χ2v) is 5.67. The summed E-state index contributed by atoms with van der Waals surface area (Å²) in [5.41, 5.74) is 0.859. The van der Waals surface area contributed by atoms with E-state index >= 15 is 0 Å². The number of nitrogens with zero attached hydrogens (tertiary/aromatic N) is 1. The van der Waals surface area contributed by atoms with Gasteiger partial charge in [0.1, 0.15) is 5.76 Å². The highest BCUT2D eigenvalue weighted by molar-refractivity contribution is 5.95. The fourth-order valence-corrected chi connectivity index (χ4v) is 2.89. The predicted molar refractivity (Wildman–Crippen MR) is 86.9 cm³/mol. The maximum Gasteiger partial charge on any atom is 0.336 e. The summed E-state index contributed by atoms with van der Waals surface area (Å²) in [7, 11) is 1.19. The number of rotatable bonds is 5. The lowest BCUT2D eigenvalue weighted by Gasteiger charge is -2.33. The average Bonchev–Trinajstić information content (AvgIpc) is 2.91. The number of aliphatic carboxylic acids is 1. The summed E-state index contributed by atoms with van der Waals surface area (Å²) in [5.74, 6) is -2.19. The largest absolute Gasteiger partial charge is 0.478 e. The third-order valence-electron chi connectivity index (χ3n) is 4.15. The van der Waals surface area contributed by atoms with Gasteiger partial charge in [-0.3, -0.25) is 9.69 Å². The minimum absolute atomic E-state index is 0.0205. The molecule has 2 aliphatic rings. The van der Waals surface area contributed by atoms with E-state index in [1.54, 1.807) is 12.2 Å². The molecule has 7 nitrogen and oxygen atoms in total. The molecule has 0 saturated carbocycles. The summed E-state index contributed by atoms with van der Waals surface area (Å²) in [6.07, 6.45) is 3.05. The van der Waals surface area contributed by atoms with E-state index in [0.29, 0.717) is 0 Å². The van der Waals surface area contributed by atoms with Crippen LogP contribution in [0, 0.1) is 0 Å². The van der Waals surface area contributed by atoms with E-state index in [9.17, 15) is 19.5 Å². The van der Waals surface area contributed by atoms with E-state index in [1.807, 2.05) is 30.3 Å². The molecule has 0 radical (unpaired) electrons. The van der Waals surface area contributed by atoms with Gasteiger partial charge in [0.2, 0.25) is 5.91 Å². The number of hydrogen-bond acceptors (Lipinski definition) is 5. The summed E-state index contributed by atoms with van der Waals surface area (Å²) in [4.78, 5) is 36.7. The number of esters is 1. The number of benzene rings is 1. The van der Waals surface area contributed by atoms with Crippen LogP contribution in [0.2, 0.25) is 0 Å². The molecule has 0 aliphatic carbocycles. The quantitative estimate of drug-likeness (QED) is 0.495. The number of carbonyl (C=O) groups is 3. The van der Waals surface area contributed by atoms with Crippen molar-refractivity contribution in [1.82, 2.24) is 4.90 Å². The van der Waals surface area contributed by atoms with Crippen molar-refractivity contribution in [1.29, 1.82) is 0 Å². The number of amides is 1. The number of carboxylic acid groups (broad SMARTS) is 1. The van der Waals surface area contributed by atoms with Gasteiger partial charge in [0.15, 0.2) is 12.3 Å². The Labute approximate surface area is 144 Å². The molecule has 1 amide bonds. The van der Waals surface area contributed by atoms with Crippen molar-refractivity contribution in [2.75, 3.05) is 7.11 Å². The van der Waals surface area contributed by atoms with Crippen LogP contribution in [-0.4, -0.2) is 47.2 Å². The third kappa shape index (κ3) is 3.13. The third-order valence-corrected chi connectivity index (χ3v) is 4.15. The van der Waals surface area contributed by atoms with Gasteiger partial charge in [0.25, 0.3) is 0 Å². The molecule has 0 aromatic heterocycles. The maximum absolute atomic E-state index is 12.0. The molecule has 1 aromatic rings. The Morgan fingerprint density at radius 2 is 2.08 bits per heavy atom. The number of methoxy groups -OCH3 is 1. The van der Waals surface area contributed by atoms with Crippen molar-refractivity contribution in [3.8, 4) is 0 Å². The van der Waals surface area contributed by atoms with Crippen molar-refractivity contribution in [3.63, 3.8) is 0 Å². The van der Waals surface area contributed by atoms with E-state index in [-0.39, 0.29) is 30.1 Å². The summed E-state index contributed by atoms with van der Waals surface area (Å²) in [5, 5.41) is 9.53. The molecule has 1 N–H and O–H groups in total. The highest BCUT2D eigenvalue weighted by Crippen LogP contribution is 2.38. The topological polar surface area (TPSA) is 93.1 Å². The number of fused-ring (bicyclic) bond motifs is 1. The first-order valence-corrected chi connectivity index (χ1v) is 7.76. The Balaban J connectivity index is 1.89. The van der Waals surface area contributed by atoms with E-state index in [1.165, 1.54) is 12.0 Å². The Kier molecular flexibility index (Phi) is 4.56. The maximum atomic E-state index is 12.0. The zero-order valence-electron chi connectivity index (χ0n) is 13.5. The van der Waals surface area contributed by atoms with Crippen LogP contribution in [0.25, 0.3) is 6.08 Å². The van der Waals surface area contributed by atoms with Crippen LogP contribution in [0.15, 0.2) is 47.7 Å². The lowest BCUT2D eigenvalue weighted by molar-refractivity contribution is -0.164. The molecular formula is C18H17NO6. The van der Waals surface area contributed by atoms with Gasteiger partial charge >= 0.3 is 11.9 Å². The SMILES string of the molecule is COC(=O)C1/C(=C(/C/C=C/c2ccccc2)C(=O)O)O[C@@H]2CC(=O)N12. The molecular weight excluding hydrogens is 326 g/mol. The average molecular weight is 343 g/mol. The Morgan fingerprint density at radius 1 is 1.36 bits per heavy atom. The second-order valence-electron chi connectivity index (χ2n) is 5.67. The molecule has 130 valence electrons. The molecule has 2 aliphatic heterocycles. The predicted octanol–water partition coefficient (Wildman–Crippen LogP) is 1.56. The van der Waals surface area contributed by atoms with Crippen molar-refractivity contribution >= 4 is 23.9 Å². The van der Waals surface area contributed by atoms with Gasteiger partial charge < -0.3 is 14.6 Å². The molecule has 25 heavy (non-hydrogen) atoms. The van der Waals surface area contributed by atoms with E-state index in [2.05, 4.69) is 0 Å². The van der Waals surface area contributed by atoms with Crippen LogP contribution in [0.1, 0.15) is 18.4 Å². The van der Waals surface area contributed by atoms with Crippen LogP contribution >= 0.6 is 0 Å². The Bertz CT molecular complexity index is 767. The molecule has 2 fully saturated rings. The van der Waals surface area contributed by atoms with Crippen LogP contribution in [0.3, 0.4) is 0 Å².